The summed E-state index contributed by atoms with van der Waals surface area (Å²) in [4.78, 5) is 24.9. The van der Waals surface area contributed by atoms with Crippen LogP contribution in [0.2, 0.25) is 0 Å². The van der Waals surface area contributed by atoms with Crippen LogP contribution >= 0.6 is 0 Å². The van der Waals surface area contributed by atoms with E-state index in [0.29, 0.717) is 17.0 Å². The first-order chi connectivity index (χ1) is 19.8. The third-order valence-corrected chi connectivity index (χ3v) is 7.70. The zero-order valence-corrected chi connectivity index (χ0v) is 23.3. The van der Waals surface area contributed by atoms with E-state index in [9.17, 15) is 18.0 Å². The van der Waals surface area contributed by atoms with Crippen molar-refractivity contribution in [1.29, 1.82) is 0 Å². The van der Waals surface area contributed by atoms with Crippen molar-refractivity contribution in [3.63, 3.8) is 0 Å². The maximum absolute atomic E-state index is 13.3. The third-order valence-electron chi connectivity index (χ3n) is 5.89. The molecule has 0 unspecified atom stereocenters. The van der Waals surface area contributed by atoms with Crippen LogP contribution in [0, 0.1) is 6.92 Å². The molecule has 4 aromatic rings. The Morgan fingerprint density at radius 1 is 0.829 bits per heavy atom. The average molecular weight is 571 g/mol. The molecule has 41 heavy (non-hydrogen) atoms. The van der Waals surface area contributed by atoms with Gasteiger partial charge in [0.25, 0.3) is 11.8 Å². The Morgan fingerprint density at radius 2 is 1.46 bits per heavy atom. The van der Waals surface area contributed by atoms with Gasteiger partial charge in [0.15, 0.2) is 6.61 Å². The van der Waals surface area contributed by atoms with Gasteiger partial charge in [0.05, 0.1) is 17.7 Å². The van der Waals surface area contributed by atoms with Crippen LogP contribution in [0.3, 0.4) is 0 Å². The number of amides is 2. The summed E-state index contributed by atoms with van der Waals surface area (Å²) in [5.74, 6) is -0.373. The van der Waals surface area contributed by atoms with Gasteiger partial charge in [-0.1, -0.05) is 66.2 Å². The number of benzene rings is 4. The molecule has 0 radical (unpaired) electrons. The molecule has 0 spiro atoms. The second-order valence-corrected chi connectivity index (χ2v) is 11.1. The summed E-state index contributed by atoms with van der Waals surface area (Å²) in [5, 5.41) is 6.73. The average Bonchev–Trinajstić information content (AvgIpc) is 2.98. The molecule has 0 aliphatic carbocycles. The van der Waals surface area contributed by atoms with Crippen molar-refractivity contribution in [3.8, 4) is 5.75 Å². The normalized spacial score (nSPS) is 11.4. The maximum Gasteiger partial charge on any atom is 0.262 e. The van der Waals surface area contributed by atoms with Crippen LogP contribution in [0.25, 0.3) is 0 Å². The number of nitrogens with one attached hydrogen (secondary N) is 2. The van der Waals surface area contributed by atoms with Gasteiger partial charge >= 0.3 is 0 Å². The third kappa shape index (κ3) is 8.85. The van der Waals surface area contributed by atoms with Gasteiger partial charge in [-0.3, -0.25) is 9.59 Å². The number of nitrogens with zero attached hydrogens (tertiary/aromatic N) is 2. The van der Waals surface area contributed by atoms with Crippen molar-refractivity contribution in [2.45, 2.75) is 18.4 Å². The van der Waals surface area contributed by atoms with Gasteiger partial charge in [-0.15, -0.1) is 0 Å². The van der Waals surface area contributed by atoms with E-state index in [1.54, 1.807) is 54.6 Å². The molecule has 0 aliphatic heterocycles. The second-order valence-electron chi connectivity index (χ2n) is 9.14. The number of anilines is 1. The summed E-state index contributed by atoms with van der Waals surface area (Å²) in [5.41, 5.74) is 5.60. The molecule has 2 N–H and O–H groups in total. The highest BCUT2D eigenvalue weighted by Gasteiger charge is 2.26. The number of aryl methyl sites for hydroxylation is 1. The number of rotatable bonds is 12. The molecule has 0 aliphatic rings. The minimum Gasteiger partial charge on any atom is -0.484 e. The van der Waals surface area contributed by atoms with E-state index in [2.05, 4.69) is 15.8 Å². The molecule has 0 atom stereocenters. The number of hydrogen-bond donors (Lipinski definition) is 2. The highest BCUT2D eigenvalue weighted by atomic mass is 32.2. The number of carbonyl (C=O) groups excluding carboxylic acids is 2. The lowest BCUT2D eigenvalue weighted by molar-refractivity contribution is -0.121. The molecule has 4 rings (SSSR count). The highest BCUT2D eigenvalue weighted by molar-refractivity contribution is 7.89. The van der Waals surface area contributed by atoms with Gasteiger partial charge in [0, 0.05) is 12.2 Å². The smallest absolute Gasteiger partial charge is 0.262 e. The van der Waals surface area contributed by atoms with Crippen molar-refractivity contribution in [3.05, 3.63) is 126 Å². The number of hydrazone groups is 1. The zero-order chi connectivity index (χ0) is 29.1. The number of sulfonamides is 1. The Hall–Kier alpha value is -4.80. The molecule has 0 bridgehead atoms. The van der Waals surface area contributed by atoms with Crippen LogP contribution in [0.15, 0.2) is 119 Å². The van der Waals surface area contributed by atoms with Crippen LogP contribution in [0.4, 0.5) is 5.69 Å². The summed E-state index contributed by atoms with van der Waals surface area (Å²) < 4.78 is 33.2. The highest BCUT2D eigenvalue weighted by Crippen LogP contribution is 2.18. The van der Waals surface area contributed by atoms with E-state index >= 15 is 0 Å². The van der Waals surface area contributed by atoms with Crippen LogP contribution in [-0.2, 0) is 26.2 Å². The Morgan fingerprint density at radius 3 is 2.12 bits per heavy atom. The number of hydrogen-bond acceptors (Lipinski definition) is 6. The minimum absolute atomic E-state index is 0.0275. The molecule has 210 valence electrons. The predicted octanol–water partition coefficient (Wildman–Crippen LogP) is 4.35. The van der Waals surface area contributed by atoms with Gasteiger partial charge in [0.2, 0.25) is 10.0 Å². The van der Waals surface area contributed by atoms with Gasteiger partial charge in [-0.25, -0.2) is 13.8 Å². The Balaban J connectivity index is 1.31. The van der Waals surface area contributed by atoms with E-state index in [0.717, 1.165) is 15.4 Å². The van der Waals surface area contributed by atoms with Crippen LogP contribution in [0.5, 0.6) is 5.75 Å². The van der Waals surface area contributed by atoms with Gasteiger partial charge in [-0.05, 0) is 66.6 Å². The number of carbonyl (C=O) groups is 2. The fraction of sp³-hybridized carbons (Fsp3) is 0.129. The van der Waals surface area contributed by atoms with Crippen molar-refractivity contribution in [1.82, 2.24) is 9.73 Å². The SMILES string of the molecule is Cc1ccc(NC(=O)COc2ccc(/C=N/NC(=O)CN(Cc3ccccc3)S(=O)(=O)c3ccccc3)cc2)cc1. The standard InChI is InChI=1S/C31H30N4O5S/c1-24-12-16-27(17-13-24)33-31(37)23-40-28-18-14-25(15-19-28)20-32-34-30(36)22-35(21-26-8-4-2-5-9-26)41(38,39)29-10-6-3-7-11-29/h2-20H,21-23H2,1H3,(H,33,37)(H,34,36)/b32-20+. The van der Waals surface area contributed by atoms with Crippen LogP contribution in [0.1, 0.15) is 16.7 Å². The molecule has 4 aromatic carbocycles. The van der Waals surface area contributed by atoms with E-state index < -0.39 is 22.5 Å². The minimum atomic E-state index is -3.93. The summed E-state index contributed by atoms with van der Waals surface area (Å²) in [6.45, 7) is 1.43. The molecule has 0 fully saturated rings. The number of ether oxygens (including phenoxy) is 1. The lowest BCUT2D eigenvalue weighted by Crippen LogP contribution is -2.39. The molecular formula is C31H30N4O5S. The molecule has 0 saturated carbocycles. The summed E-state index contributed by atoms with van der Waals surface area (Å²) in [7, 11) is -3.93. The second kappa shape index (κ2) is 14.0. The van der Waals surface area contributed by atoms with Gasteiger partial charge in [0.1, 0.15) is 5.75 Å². The van der Waals surface area contributed by atoms with E-state index in [4.69, 9.17) is 4.74 Å². The zero-order valence-electron chi connectivity index (χ0n) is 22.4. The summed E-state index contributed by atoms with van der Waals surface area (Å²) in [6.07, 6.45) is 1.43. The first-order valence-electron chi connectivity index (χ1n) is 12.8. The maximum atomic E-state index is 13.3. The fourth-order valence-corrected chi connectivity index (χ4v) is 5.17. The van der Waals surface area contributed by atoms with Crippen LogP contribution in [-0.4, -0.2) is 43.9 Å². The molecule has 9 nitrogen and oxygen atoms in total. The molecule has 10 heteroatoms. The Bertz CT molecular complexity index is 1580. The van der Waals surface area contributed by atoms with E-state index in [-0.39, 0.29) is 24.0 Å². The Kier molecular flexibility index (Phi) is 9.98. The quantitative estimate of drug-likeness (QED) is 0.194. The topological polar surface area (TPSA) is 117 Å². The largest absolute Gasteiger partial charge is 0.484 e. The van der Waals surface area contributed by atoms with Gasteiger partial charge < -0.3 is 10.1 Å². The summed E-state index contributed by atoms with van der Waals surface area (Å²) >= 11 is 0. The lowest BCUT2D eigenvalue weighted by Gasteiger charge is -2.21. The van der Waals surface area contributed by atoms with E-state index in [1.165, 1.54) is 18.3 Å². The van der Waals surface area contributed by atoms with Crippen molar-refractivity contribution in [2.24, 2.45) is 5.10 Å². The fourth-order valence-electron chi connectivity index (χ4n) is 3.76. The summed E-state index contributed by atoms with van der Waals surface area (Å²) in [6, 6.07) is 31.3. The predicted molar refractivity (Wildman–Crippen MR) is 158 cm³/mol. The first-order valence-corrected chi connectivity index (χ1v) is 14.2. The van der Waals surface area contributed by atoms with Crippen molar-refractivity contribution >= 4 is 33.7 Å². The van der Waals surface area contributed by atoms with Gasteiger partial charge in [-0.2, -0.15) is 9.41 Å². The first kappa shape index (κ1) is 29.2. The van der Waals surface area contributed by atoms with Crippen molar-refractivity contribution in [2.75, 3.05) is 18.5 Å². The molecular weight excluding hydrogens is 540 g/mol. The molecule has 0 aromatic heterocycles. The van der Waals surface area contributed by atoms with Crippen LogP contribution < -0.4 is 15.5 Å². The molecule has 0 heterocycles. The molecule has 2 amide bonds. The monoisotopic (exact) mass is 570 g/mol. The lowest BCUT2D eigenvalue weighted by atomic mass is 10.2. The van der Waals surface area contributed by atoms with E-state index in [1.807, 2.05) is 49.4 Å². The van der Waals surface area contributed by atoms with Crippen molar-refractivity contribution < 1.29 is 22.7 Å². The molecule has 0 saturated heterocycles. The Labute approximate surface area is 239 Å².